The molecule has 1 fully saturated rings. The topological polar surface area (TPSA) is 25.8 Å². The van der Waals surface area contributed by atoms with Gasteiger partial charge in [-0.3, -0.25) is 9.97 Å². The number of hydrogen-bond acceptors (Lipinski definition) is 2. The largest absolute Gasteiger partial charge is 0.264 e. The second-order valence-electron chi connectivity index (χ2n) is 5.99. The lowest BCUT2D eigenvalue weighted by atomic mass is 10.0. The summed E-state index contributed by atoms with van der Waals surface area (Å²) in [5.74, 6) is 0. The van der Waals surface area contributed by atoms with E-state index in [0.29, 0.717) is 0 Å². The third-order valence-corrected chi connectivity index (χ3v) is 4.12. The van der Waals surface area contributed by atoms with Gasteiger partial charge < -0.3 is 0 Å². The molecule has 2 aromatic rings. The molecule has 22 heavy (non-hydrogen) atoms. The zero-order valence-corrected chi connectivity index (χ0v) is 13.6. The van der Waals surface area contributed by atoms with Gasteiger partial charge in [0.2, 0.25) is 0 Å². The van der Waals surface area contributed by atoms with E-state index >= 15 is 0 Å². The van der Waals surface area contributed by atoms with Crippen LogP contribution < -0.4 is 0 Å². The van der Waals surface area contributed by atoms with E-state index in [0.717, 1.165) is 11.3 Å². The van der Waals surface area contributed by atoms with E-state index in [4.69, 9.17) is 0 Å². The van der Waals surface area contributed by atoms with Crippen LogP contribution in [-0.2, 0) is 0 Å². The first-order valence-corrected chi connectivity index (χ1v) is 8.78. The smallest absolute Gasteiger partial charge is 0.0717 e. The van der Waals surface area contributed by atoms with Crippen LogP contribution in [0.3, 0.4) is 0 Å². The predicted octanol–water partition coefficient (Wildman–Crippen LogP) is 6.04. The Hall–Kier alpha value is -1.70. The Labute approximate surface area is 135 Å². The fourth-order valence-electron chi connectivity index (χ4n) is 2.82. The van der Waals surface area contributed by atoms with Crippen molar-refractivity contribution in [3.05, 3.63) is 48.9 Å². The summed E-state index contributed by atoms with van der Waals surface area (Å²) in [5.41, 5.74) is 2.02. The van der Waals surface area contributed by atoms with Gasteiger partial charge in [0.05, 0.1) is 5.69 Å². The third kappa shape index (κ3) is 6.84. The van der Waals surface area contributed by atoms with E-state index in [1.54, 1.807) is 12.4 Å². The van der Waals surface area contributed by atoms with E-state index in [2.05, 4.69) is 9.97 Å². The number of aromatic nitrogens is 2. The first kappa shape index (κ1) is 16.7. The van der Waals surface area contributed by atoms with Crippen LogP contribution in [0, 0.1) is 0 Å². The second kappa shape index (κ2) is 10.9. The Bertz CT molecular complexity index is 411. The molecule has 0 radical (unpaired) electrons. The maximum absolute atomic E-state index is 4.21. The molecule has 0 atom stereocenters. The van der Waals surface area contributed by atoms with Crippen molar-refractivity contribution in [1.82, 2.24) is 9.97 Å². The molecule has 0 aliphatic heterocycles. The fraction of sp³-hybridized carbons (Fsp3) is 0.500. The molecule has 0 aromatic carbocycles. The Morgan fingerprint density at radius 2 is 1.18 bits per heavy atom. The molecule has 1 aliphatic carbocycles. The fourth-order valence-corrected chi connectivity index (χ4v) is 2.82. The average molecular weight is 296 g/mol. The van der Waals surface area contributed by atoms with E-state index in [-0.39, 0.29) is 0 Å². The molecule has 0 N–H and O–H groups in total. The zero-order valence-electron chi connectivity index (χ0n) is 13.6. The van der Waals surface area contributed by atoms with Gasteiger partial charge in [-0.15, -0.1) is 0 Å². The summed E-state index contributed by atoms with van der Waals surface area (Å²) in [5, 5.41) is 0. The SMILES string of the molecule is C1CCCCCCCCC1.c1ccc(-c2cccnc2)nc1. The van der Waals surface area contributed by atoms with Crippen LogP contribution in [0.15, 0.2) is 48.9 Å². The molecule has 0 amide bonds. The van der Waals surface area contributed by atoms with Crippen molar-refractivity contribution in [3.63, 3.8) is 0 Å². The highest BCUT2D eigenvalue weighted by Crippen LogP contribution is 2.15. The van der Waals surface area contributed by atoms with Gasteiger partial charge in [0.15, 0.2) is 0 Å². The molecule has 0 saturated heterocycles. The first-order chi connectivity index (χ1) is 11.0. The quantitative estimate of drug-likeness (QED) is 0.640. The molecule has 2 aromatic heterocycles. The molecule has 2 heteroatoms. The third-order valence-electron chi connectivity index (χ3n) is 4.12. The van der Waals surface area contributed by atoms with Gasteiger partial charge in [0.1, 0.15) is 0 Å². The minimum Gasteiger partial charge on any atom is -0.264 e. The van der Waals surface area contributed by atoms with E-state index in [1.807, 2.05) is 36.5 Å². The van der Waals surface area contributed by atoms with Crippen molar-refractivity contribution in [2.45, 2.75) is 64.2 Å². The van der Waals surface area contributed by atoms with Gasteiger partial charge in [-0.25, -0.2) is 0 Å². The lowest BCUT2D eigenvalue weighted by Gasteiger charge is -2.05. The van der Waals surface area contributed by atoms with E-state index in [9.17, 15) is 0 Å². The van der Waals surface area contributed by atoms with Crippen molar-refractivity contribution < 1.29 is 0 Å². The summed E-state index contributed by atoms with van der Waals surface area (Å²) in [6, 6.07) is 9.74. The van der Waals surface area contributed by atoms with Gasteiger partial charge in [-0.05, 0) is 24.3 Å². The van der Waals surface area contributed by atoms with Crippen molar-refractivity contribution in [3.8, 4) is 11.3 Å². The van der Waals surface area contributed by atoms with Crippen LogP contribution in [0.5, 0.6) is 0 Å². The lowest BCUT2D eigenvalue weighted by molar-refractivity contribution is 0.504. The lowest BCUT2D eigenvalue weighted by Crippen LogP contribution is -1.85. The monoisotopic (exact) mass is 296 g/mol. The summed E-state index contributed by atoms with van der Waals surface area (Å²) in [7, 11) is 0. The first-order valence-electron chi connectivity index (χ1n) is 8.78. The Morgan fingerprint density at radius 3 is 1.59 bits per heavy atom. The van der Waals surface area contributed by atoms with Gasteiger partial charge >= 0.3 is 0 Å². The predicted molar refractivity (Wildman–Crippen MR) is 93.6 cm³/mol. The number of rotatable bonds is 1. The Balaban J connectivity index is 0.000000164. The maximum atomic E-state index is 4.21. The van der Waals surface area contributed by atoms with Gasteiger partial charge in [-0.1, -0.05) is 70.3 Å². The summed E-state index contributed by atoms with van der Waals surface area (Å²) in [4.78, 5) is 8.23. The van der Waals surface area contributed by atoms with Gasteiger partial charge in [-0.2, -0.15) is 0 Å². The van der Waals surface area contributed by atoms with Crippen molar-refractivity contribution in [1.29, 1.82) is 0 Å². The minimum absolute atomic E-state index is 0.964. The molecule has 118 valence electrons. The van der Waals surface area contributed by atoms with Gasteiger partial charge in [0, 0.05) is 24.2 Å². The van der Waals surface area contributed by atoms with Crippen LogP contribution in [0.4, 0.5) is 0 Å². The molecule has 0 bridgehead atoms. The molecule has 2 heterocycles. The van der Waals surface area contributed by atoms with E-state index in [1.165, 1.54) is 64.2 Å². The molecular weight excluding hydrogens is 268 g/mol. The second-order valence-corrected chi connectivity index (χ2v) is 5.99. The number of hydrogen-bond donors (Lipinski definition) is 0. The highest BCUT2D eigenvalue weighted by Gasteiger charge is 1.96. The Morgan fingerprint density at radius 1 is 0.591 bits per heavy atom. The van der Waals surface area contributed by atoms with Crippen molar-refractivity contribution in [2.24, 2.45) is 0 Å². The minimum atomic E-state index is 0.964. The van der Waals surface area contributed by atoms with Crippen molar-refractivity contribution >= 4 is 0 Å². The van der Waals surface area contributed by atoms with E-state index < -0.39 is 0 Å². The standard InChI is InChI=1S/C10H8N2.C10H20/c1-2-7-12-10(5-1)9-4-3-6-11-8-9;1-2-4-6-8-10-9-7-5-3-1/h1-8H;1-10H2. The Kier molecular flexibility index (Phi) is 8.29. The van der Waals surface area contributed by atoms with Crippen LogP contribution in [0.25, 0.3) is 11.3 Å². The van der Waals surface area contributed by atoms with Crippen LogP contribution >= 0.6 is 0 Å². The zero-order chi connectivity index (χ0) is 15.3. The highest BCUT2D eigenvalue weighted by atomic mass is 14.7. The van der Waals surface area contributed by atoms with Crippen LogP contribution in [0.2, 0.25) is 0 Å². The van der Waals surface area contributed by atoms with Crippen molar-refractivity contribution in [2.75, 3.05) is 0 Å². The van der Waals surface area contributed by atoms with Crippen LogP contribution in [-0.4, -0.2) is 9.97 Å². The average Bonchev–Trinajstić information content (AvgIpc) is 2.62. The van der Waals surface area contributed by atoms with Gasteiger partial charge in [0.25, 0.3) is 0 Å². The van der Waals surface area contributed by atoms with Crippen LogP contribution in [0.1, 0.15) is 64.2 Å². The number of pyridine rings is 2. The summed E-state index contributed by atoms with van der Waals surface area (Å²) < 4.78 is 0. The molecule has 2 nitrogen and oxygen atoms in total. The molecular formula is C20H28N2. The molecule has 0 spiro atoms. The maximum Gasteiger partial charge on any atom is 0.0717 e. The summed E-state index contributed by atoms with van der Waals surface area (Å²) in [6.07, 6.45) is 20.3. The summed E-state index contributed by atoms with van der Waals surface area (Å²) >= 11 is 0. The molecule has 1 aliphatic rings. The number of nitrogens with zero attached hydrogens (tertiary/aromatic N) is 2. The highest BCUT2D eigenvalue weighted by molar-refractivity contribution is 5.56. The molecule has 1 saturated carbocycles. The molecule has 3 rings (SSSR count). The molecule has 0 unspecified atom stereocenters. The summed E-state index contributed by atoms with van der Waals surface area (Å²) in [6.45, 7) is 0. The normalized spacial score (nSPS) is 16.2.